The van der Waals surface area contributed by atoms with Crippen molar-refractivity contribution >= 4 is 30.7 Å². The van der Waals surface area contributed by atoms with Gasteiger partial charge in [-0.05, 0) is 24.9 Å². The third-order valence-corrected chi connectivity index (χ3v) is 4.44. The first-order valence-electron chi connectivity index (χ1n) is 8.57. The zero-order valence-electron chi connectivity index (χ0n) is 14.9. The van der Waals surface area contributed by atoms with E-state index in [1.54, 1.807) is 0 Å². The van der Waals surface area contributed by atoms with Crippen LogP contribution in [0.2, 0.25) is 0 Å². The van der Waals surface area contributed by atoms with E-state index >= 15 is 0 Å². The second kappa shape index (κ2) is 13.4. The molecule has 1 aliphatic heterocycles. The summed E-state index contributed by atoms with van der Waals surface area (Å²) in [5, 5.41) is 3.01. The monoisotopic (exact) mass is 391 g/mol. The van der Waals surface area contributed by atoms with Crippen LogP contribution in [0.5, 0.6) is 0 Å². The summed E-state index contributed by atoms with van der Waals surface area (Å²) >= 11 is 0. The third kappa shape index (κ3) is 8.38. The maximum atomic E-state index is 12.2. The minimum atomic E-state index is -0.260. The zero-order chi connectivity index (χ0) is 16.5. The summed E-state index contributed by atoms with van der Waals surface area (Å²) in [5.74, 6) is -0.190. The number of benzene rings is 1. The number of morpholine rings is 1. The first kappa shape index (κ1) is 24.1. The van der Waals surface area contributed by atoms with E-state index in [4.69, 9.17) is 10.5 Å². The number of nitrogens with one attached hydrogen (secondary N) is 1. The van der Waals surface area contributed by atoms with Crippen LogP contribution in [0.25, 0.3) is 0 Å². The maximum absolute atomic E-state index is 12.2. The summed E-state index contributed by atoms with van der Waals surface area (Å²) in [7, 11) is 0. The molecule has 1 aromatic rings. The predicted molar refractivity (Wildman–Crippen MR) is 107 cm³/mol. The molecule has 3 N–H and O–H groups in total. The lowest BCUT2D eigenvalue weighted by atomic mass is 9.94. The number of halogens is 2. The third-order valence-electron chi connectivity index (χ3n) is 4.44. The van der Waals surface area contributed by atoms with Gasteiger partial charge in [-0.2, -0.15) is 0 Å². The van der Waals surface area contributed by atoms with E-state index in [0.29, 0.717) is 0 Å². The van der Waals surface area contributed by atoms with Crippen LogP contribution in [0.4, 0.5) is 0 Å². The van der Waals surface area contributed by atoms with E-state index in [9.17, 15) is 4.79 Å². The first-order valence-corrected chi connectivity index (χ1v) is 8.57. The molecule has 0 bridgehead atoms. The number of carbonyl (C=O) groups excluding carboxylic acids is 1. The Morgan fingerprint density at radius 2 is 1.84 bits per heavy atom. The SMILES string of the molecule is CC(C(=O)NCCCCN1CCOCC1)C(N)c1ccccc1.Cl.Cl. The van der Waals surface area contributed by atoms with Crippen molar-refractivity contribution in [2.45, 2.75) is 25.8 Å². The highest BCUT2D eigenvalue weighted by Gasteiger charge is 2.21. The van der Waals surface area contributed by atoms with Crippen LogP contribution >= 0.6 is 24.8 Å². The molecule has 5 nitrogen and oxygen atoms in total. The molecule has 1 fully saturated rings. The van der Waals surface area contributed by atoms with Crippen molar-refractivity contribution in [3.05, 3.63) is 35.9 Å². The molecule has 1 heterocycles. The fourth-order valence-corrected chi connectivity index (χ4v) is 2.78. The Morgan fingerprint density at radius 3 is 2.48 bits per heavy atom. The van der Waals surface area contributed by atoms with E-state index in [2.05, 4.69) is 10.2 Å². The molecule has 0 saturated carbocycles. The zero-order valence-corrected chi connectivity index (χ0v) is 16.5. The molecule has 0 aliphatic carbocycles. The Kier molecular flexibility index (Phi) is 12.9. The number of amides is 1. The summed E-state index contributed by atoms with van der Waals surface area (Å²) in [6, 6.07) is 9.53. The van der Waals surface area contributed by atoms with E-state index in [-0.39, 0.29) is 42.7 Å². The van der Waals surface area contributed by atoms with Crippen molar-refractivity contribution in [2.75, 3.05) is 39.4 Å². The molecule has 2 unspecified atom stereocenters. The molecule has 1 aromatic carbocycles. The number of nitrogens with two attached hydrogens (primary N) is 1. The second-order valence-corrected chi connectivity index (χ2v) is 6.18. The van der Waals surface area contributed by atoms with E-state index in [1.165, 1.54) is 0 Å². The normalized spacial score (nSPS) is 16.9. The Bertz CT molecular complexity index is 471. The standard InChI is InChI=1S/C18H29N3O2.2ClH/c1-15(17(19)16-7-3-2-4-8-16)18(22)20-9-5-6-10-21-11-13-23-14-12-21;;/h2-4,7-8,15,17H,5-6,9-14,19H2,1H3,(H,20,22);2*1H. The van der Waals surface area contributed by atoms with Crippen LogP contribution in [0.15, 0.2) is 30.3 Å². The summed E-state index contributed by atoms with van der Waals surface area (Å²) < 4.78 is 5.33. The van der Waals surface area contributed by atoms with Crippen molar-refractivity contribution in [1.29, 1.82) is 0 Å². The van der Waals surface area contributed by atoms with Crippen molar-refractivity contribution in [1.82, 2.24) is 10.2 Å². The van der Waals surface area contributed by atoms with Gasteiger partial charge >= 0.3 is 0 Å². The molecule has 2 atom stereocenters. The number of hydrogen-bond donors (Lipinski definition) is 2. The van der Waals surface area contributed by atoms with Gasteiger partial charge in [-0.1, -0.05) is 37.3 Å². The van der Waals surface area contributed by atoms with Gasteiger partial charge in [0.1, 0.15) is 0 Å². The lowest BCUT2D eigenvalue weighted by molar-refractivity contribution is -0.125. The number of carbonyl (C=O) groups is 1. The molecule has 0 radical (unpaired) electrons. The second-order valence-electron chi connectivity index (χ2n) is 6.18. The highest BCUT2D eigenvalue weighted by atomic mass is 35.5. The van der Waals surface area contributed by atoms with Crippen LogP contribution in [0.1, 0.15) is 31.4 Å². The average Bonchev–Trinajstić information content (AvgIpc) is 2.61. The summed E-state index contributed by atoms with van der Waals surface area (Å²) in [6.45, 7) is 7.41. The number of nitrogens with zero attached hydrogens (tertiary/aromatic N) is 1. The summed E-state index contributed by atoms with van der Waals surface area (Å²) in [5.41, 5.74) is 7.19. The van der Waals surface area contributed by atoms with Gasteiger partial charge in [-0.15, -0.1) is 24.8 Å². The number of ether oxygens (including phenoxy) is 1. The van der Waals surface area contributed by atoms with Crippen LogP contribution in [-0.4, -0.2) is 50.2 Å². The molecular weight excluding hydrogens is 361 g/mol. The van der Waals surface area contributed by atoms with Crippen molar-refractivity contribution < 1.29 is 9.53 Å². The molecule has 1 saturated heterocycles. The molecule has 1 amide bonds. The minimum Gasteiger partial charge on any atom is -0.379 e. The largest absolute Gasteiger partial charge is 0.379 e. The van der Waals surface area contributed by atoms with Crippen LogP contribution < -0.4 is 11.1 Å². The maximum Gasteiger partial charge on any atom is 0.224 e. The Labute approximate surface area is 163 Å². The molecule has 0 aromatic heterocycles. The minimum absolute atomic E-state index is 0. The number of unbranched alkanes of at least 4 members (excludes halogenated alkanes) is 1. The smallest absolute Gasteiger partial charge is 0.224 e. The van der Waals surface area contributed by atoms with Gasteiger partial charge in [0.25, 0.3) is 0 Å². The number of rotatable bonds is 8. The van der Waals surface area contributed by atoms with Gasteiger partial charge in [0.05, 0.1) is 19.1 Å². The molecule has 7 heteroatoms. The fourth-order valence-electron chi connectivity index (χ4n) is 2.78. The molecule has 0 spiro atoms. The number of hydrogen-bond acceptors (Lipinski definition) is 4. The van der Waals surface area contributed by atoms with Crippen LogP contribution in [0.3, 0.4) is 0 Å². The van der Waals surface area contributed by atoms with Crippen molar-refractivity contribution in [2.24, 2.45) is 11.7 Å². The topological polar surface area (TPSA) is 67.6 Å². The molecule has 2 rings (SSSR count). The van der Waals surface area contributed by atoms with Crippen molar-refractivity contribution in [3.63, 3.8) is 0 Å². The average molecular weight is 392 g/mol. The summed E-state index contributed by atoms with van der Waals surface area (Å²) in [4.78, 5) is 14.6. The van der Waals surface area contributed by atoms with Crippen LogP contribution in [-0.2, 0) is 9.53 Å². The molecular formula is C18H31Cl2N3O2. The predicted octanol–water partition coefficient (Wildman–Crippen LogP) is 2.39. The quantitative estimate of drug-likeness (QED) is 0.667. The van der Waals surface area contributed by atoms with Gasteiger partial charge in [0, 0.05) is 25.7 Å². The fraction of sp³-hybridized carbons (Fsp3) is 0.611. The van der Waals surface area contributed by atoms with E-state index in [0.717, 1.165) is 57.8 Å². The Morgan fingerprint density at radius 1 is 1.20 bits per heavy atom. The lowest BCUT2D eigenvalue weighted by Gasteiger charge is -2.26. The van der Waals surface area contributed by atoms with E-state index in [1.807, 2.05) is 37.3 Å². The van der Waals surface area contributed by atoms with Gasteiger partial charge < -0.3 is 15.8 Å². The lowest BCUT2D eigenvalue weighted by Crippen LogP contribution is -2.38. The molecule has 144 valence electrons. The van der Waals surface area contributed by atoms with Crippen molar-refractivity contribution in [3.8, 4) is 0 Å². The molecule has 25 heavy (non-hydrogen) atoms. The first-order chi connectivity index (χ1) is 11.2. The Hall–Kier alpha value is -0.850. The van der Waals surface area contributed by atoms with E-state index < -0.39 is 0 Å². The highest BCUT2D eigenvalue weighted by Crippen LogP contribution is 2.18. The van der Waals surface area contributed by atoms with Crippen LogP contribution in [0, 0.1) is 5.92 Å². The van der Waals surface area contributed by atoms with Gasteiger partial charge in [0.2, 0.25) is 5.91 Å². The molecule has 1 aliphatic rings. The van der Waals surface area contributed by atoms with Gasteiger partial charge in [0.15, 0.2) is 0 Å². The summed E-state index contributed by atoms with van der Waals surface area (Å²) in [6.07, 6.45) is 2.09. The van der Waals surface area contributed by atoms with Gasteiger partial charge in [-0.3, -0.25) is 9.69 Å². The van der Waals surface area contributed by atoms with Gasteiger partial charge in [-0.25, -0.2) is 0 Å². The Balaban J connectivity index is 0.00000288. The highest BCUT2D eigenvalue weighted by molar-refractivity contribution is 5.85.